The summed E-state index contributed by atoms with van der Waals surface area (Å²) in [5.41, 5.74) is 0.321. The van der Waals surface area contributed by atoms with Crippen LogP contribution in [0.15, 0.2) is 16.7 Å². The first kappa shape index (κ1) is 12.4. The van der Waals surface area contributed by atoms with Crippen LogP contribution in [-0.2, 0) is 0 Å². The molecule has 0 radical (unpaired) electrons. The molecule has 0 spiro atoms. The van der Waals surface area contributed by atoms with E-state index in [0.717, 1.165) is 0 Å². The predicted octanol–water partition coefficient (Wildman–Crippen LogP) is 1.56. The number of rotatable bonds is 3. The summed E-state index contributed by atoms with van der Waals surface area (Å²) in [6.07, 6.45) is 1.52. The number of aliphatic hydroxyl groups is 1. The molecule has 0 saturated carbocycles. The number of likely N-dealkylation sites (N-methyl/N-ethyl adjacent to an activating group) is 1. The van der Waals surface area contributed by atoms with Crippen molar-refractivity contribution in [2.75, 3.05) is 20.2 Å². The van der Waals surface area contributed by atoms with Gasteiger partial charge in [-0.2, -0.15) is 0 Å². The lowest BCUT2D eigenvalue weighted by molar-refractivity contribution is 0.0766. The standard InChI is InChI=1S/C9H10BrClN2O2/c1-13(2-3-14)9(15)7-4-6(10)5-12-8(7)11/h4-5,14H,2-3H2,1H3. The smallest absolute Gasteiger partial charge is 0.256 e. The molecule has 0 bridgehead atoms. The molecule has 1 aromatic heterocycles. The lowest BCUT2D eigenvalue weighted by Gasteiger charge is -2.16. The first-order valence-corrected chi connectivity index (χ1v) is 5.40. The zero-order valence-corrected chi connectivity index (χ0v) is 10.4. The van der Waals surface area contributed by atoms with Gasteiger partial charge >= 0.3 is 0 Å². The van der Waals surface area contributed by atoms with Crippen molar-refractivity contribution in [3.8, 4) is 0 Å². The Labute approximate surface area is 101 Å². The van der Waals surface area contributed by atoms with Crippen LogP contribution in [0.3, 0.4) is 0 Å². The molecule has 0 aliphatic heterocycles. The van der Waals surface area contributed by atoms with Crippen LogP contribution in [0.1, 0.15) is 10.4 Å². The molecule has 0 saturated heterocycles. The molecule has 1 heterocycles. The summed E-state index contributed by atoms with van der Waals surface area (Å²) < 4.78 is 0.688. The van der Waals surface area contributed by atoms with Crippen LogP contribution in [-0.4, -0.2) is 41.1 Å². The summed E-state index contributed by atoms with van der Waals surface area (Å²) in [5, 5.41) is 8.86. The van der Waals surface area contributed by atoms with Gasteiger partial charge in [-0.05, 0) is 22.0 Å². The summed E-state index contributed by atoms with van der Waals surface area (Å²) in [6.45, 7) is 0.183. The first-order chi connectivity index (χ1) is 7.06. The van der Waals surface area contributed by atoms with Crippen LogP contribution >= 0.6 is 27.5 Å². The van der Waals surface area contributed by atoms with Gasteiger partial charge in [-0.25, -0.2) is 4.98 Å². The molecule has 0 fully saturated rings. The maximum atomic E-state index is 11.8. The van der Waals surface area contributed by atoms with E-state index in [1.165, 1.54) is 11.1 Å². The van der Waals surface area contributed by atoms with E-state index < -0.39 is 0 Å². The first-order valence-electron chi connectivity index (χ1n) is 4.23. The summed E-state index contributed by atoms with van der Waals surface area (Å²) >= 11 is 9.00. The summed E-state index contributed by atoms with van der Waals surface area (Å²) in [6, 6.07) is 1.60. The second-order valence-corrected chi connectivity index (χ2v) is 4.22. The monoisotopic (exact) mass is 292 g/mol. The van der Waals surface area contributed by atoms with Gasteiger partial charge in [0, 0.05) is 24.3 Å². The van der Waals surface area contributed by atoms with E-state index >= 15 is 0 Å². The highest BCUT2D eigenvalue weighted by Gasteiger charge is 2.15. The normalized spacial score (nSPS) is 10.1. The van der Waals surface area contributed by atoms with Gasteiger partial charge in [0.25, 0.3) is 5.91 Å². The Balaban J connectivity index is 2.95. The summed E-state index contributed by atoms with van der Waals surface area (Å²) in [4.78, 5) is 17.0. The molecule has 1 rings (SSSR count). The van der Waals surface area contributed by atoms with Gasteiger partial charge in [-0.1, -0.05) is 11.6 Å². The second-order valence-electron chi connectivity index (χ2n) is 2.94. The van der Waals surface area contributed by atoms with Crippen molar-refractivity contribution < 1.29 is 9.90 Å². The average molecular weight is 294 g/mol. The van der Waals surface area contributed by atoms with E-state index in [0.29, 0.717) is 10.0 Å². The van der Waals surface area contributed by atoms with Crippen molar-refractivity contribution in [3.05, 3.63) is 27.5 Å². The Kier molecular flexibility index (Phi) is 4.50. The van der Waals surface area contributed by atoms with Gasteiger partial charge < -0.3 is 10.0 Å². The highest BCUT2D eigenvalue weighted by atomic mass is 79.9. The minimum absolute atomic E-state index is 0.0821. The molecule has 1 aromatic rings. The van der Waals surface area contributed by atoms with E-state index in [2.05, 4.69) is 20.9 Å². The minimum Gasteiger partial charge on any atom is -0.395 e. The van der Waals surface area contributed by atoms with Crippen molar-refractivity contribution in [3.63, 3.8) is 0 Å². The number of halogens is 2. The fourth-order valence-electron chi connectivity index (χ4n) is 1.03. The Bertz CT molecular complexity index is 373. The van der Waals surface area contributed by atoms with Crippen LogP contribution in [0, 0.1) is 0 Å². The highest BCUT2D eigenvalue weighted by molar-refractivity contribution is 9.10. The van der Waals surface area contributed by atoms with Crippen LogP contribution < -0.4 is 0 Å². The minimum atomic E-state index is -0.261. The van der Waals surface area contributed by atoms with Gasteiger partial charge in [0.05, 0.1) is 12.2 Å². The summed E-state index contributed by atoms with van der Waals surface area (Å²) in [7, 11) is 1.59. The second kappa shape index (κ2) is 5.44. The molecule has 0 aliphatic carbocycles. The van der Waals surface area contributed by atoms with Gasteiger partial charge in [0.2, 0.25) is 0 Å². The van der Waals surface area contributed by atoms with Crippen LogP contribution in [0.2, 0.25) is 5.15 Å². The summed E-state index contributed by atoms with van der Waals surface area (Å²) in [5.74, 6) is -0.261. The third kappa shape index (κ3) is 3.15. The van der Waals surface area contributed by atoms with Crippen molar-refractivity contribution in [2.45, 2.75) is 0 Å². The van der Waals surface area contributed by atoms with E-state index in [1.807, 2.05) is 0 Å². The molecule has 0 atom stereocenters. The van der Waals surface area contributed by atoms with Crippen molar-refractivity contribution in [1.82, 2.24) is 9.88 Å². The zero-order valence-electron chi connectivity index (χ0n) is 8.07. The van der Waals surface area contributed by atoms with Crippen LogP contribution in [0.4, 0.5) is 0 Å². The molecule has 82 valence electrons. The zero-order chi connectivity index (χ0) is 11.4. The molecule has 6 heteroatoms. The van der Waals surface area contributed by atoms with Crippen LogP contribution in [0.25, 0.3) is 0 Å². The number of aliphatic hydroxyl groups excluding tert-OH is 1. The predicted molar refractivity (Wildman–Crippen MR) is 61.0 cm³/mol. The van der Waals surface area contributed by atoms with Crippen molar-refractivity contribution in [1.29, 1.82) is 0 Å². The molecule has 1 N–H and O–H groups in total. The number of aromatic nitrogens is 1. The van der Waals surface area contributed by atoms with Gasteiger partial charge in [-0.3, -0.25) is 4.79 Å². The highest BCUT2D eigenvalue weighted by Crippen LogP contribution is 2.19. The Hall–Kier alpha value is -0.650. The van der Waals surface area contributed by atoms with Crippen molar-refractivity contribution in [2.24, 2.45) is 0 Å². The molecule has 0 unspecified atom stereocenters. The maximum Gasteiger partial charge on any atom is 0.256 e. The van der Waals surface area contributed by atoms with Crippen molar-refractivity contribution >= 4 is 33.4 Å². The lowest BCUT2D eigenvalue weighted by atomic mass is 10.2. The molecule has 0 aliphatic rings. The SMILES string of the molecule is CN(CCO)C(=O)c1cc(Br)cnc1Cl. The Morgan fingerprint density at radius 1 is 1.73 bits per heavy atom. The number of nitrogens with zero attached hydrogens (tertiary/aromatic N) is 2. The maximum absolute atomic E-state index is 11.8. The third-order valence-electron chi connectivity index (χ3n) is 1.82. The van der Waals surface area contributed by atoms with Gasteiger partial charge in [0.1, 0.15) is 5.15 Å². The molecule has 1 amide bonds. The fourth-order valence-corrected chi connectivity index (χ4v) is 1.55. The van der Waals surface area contributed by atoms with Crippen LogP contribution in [0.5, 0.6) is 0 Å². The van der Waals surface area contributed by atoms with Gasteiger partial charge in [0.15, 0.2) is 0 Å². The molecule has 15 heavy (non-hydrogen) atoms. The Morgan fingerprint density at radius 3 is 3.00 bits per heavy atom. The molecular formula is C9H10BrClN2O2. The fraction of sp³-hybridized carbons (Fsp3) is 0.333. The van der Waals surface area contributed by atoms with E-state index in [-0.39, 0.29) is 24.2 Å². The average Bonchev–Trinajstić information content (AvgIpc) is 2.21. The lowest BCUT2D eigenvalue weighted by Crippen LogP contribution is -2.29. The number of pyridine rings is 1. The number of hydrogen-bond donors (Lipinski definition) is 1. The van der Waals surface area contributed by atoms with E-state index in [1.54, 1.807) is 13.1 Å². The molecular weight excluding hydrogens is 283 g/mol. The number of hydrogen-bond acceptors (Lipinski definition) is 3. The van der Waals surface area contributed by atoms with E-state index in [9.17, 15) is 4.79 Å². The van der Waals surface area contributed by atoms with E-state index in [4.69, 9.17) is 16.7 Å². The quantitative estimate of drug-likeness (QED) is 0.861. The van der Waals surface area contributed by atoms with Gasteiger partial charge in [-0.15, -0.1) is 0 Å². The Morgan fingerprint density at radius 2 is 2.40 bits per heavy atom. The number of amides is 1. The molecule has 4 nitrogen and oxygen atoms in total. The number of carbonyl (C=O) groups is 1. The topological polar surface area (TPSA) is 53.4 Å². The number of carbonyl (C=O) groups excluding carboxylic acids is 1. The largest absolute Gasteiger partial charge is 0.395 e. The molecule has 0 aromatic carbocycles. The third-order valence-corrected chi connectivity index (χ3v) is 2.55.